The van der Waals surface area contributed by atoms with Crippen LogP contribution in [0.1, 0.15) is 15.9 Å². The summed E-state index contributed by atoms with van der Waals surface area (Å²) in [5, 5.41) is 16.8. The molecule has 2 heterocycles. The quantitative estimate of drug-likeness (QED) is 0.524. The third kappa shape index (κ3) is 5.89. The molecular formula is C19H17F3N6O. The summed E-state index contributed by atoms with van der Waals surface area (Å²) in [6.45, 7) is 0.636. The van der Waals surface area contributed by atoms with Crippen LogP contribution in [-0.4, -0.2) is 34.2 Å². The van der Waals surface area contributed by atoms with Gasteiger partial charge in [-0.2, -0.15) is 13.2 Å². The number of rotatable bonds is 7. The summed E-state index contributed by atoms with van der Waals surface area (Å²) < 4.78 is 37.6. The fourth-order valence-corrected chi connectivity index (χ4v) is 2.36. The number of halogens is 3. The third-order valence-corrected chi connectivity index (χ3v) is 3.81. The monoisotopic (exact) mass is 402 g/mol. The Balaban J connectivity index is 1.42. The topological polar surface area (TPSA) is 91.8 Å². The molecule has 3 rings (SSSR count). The van der Waals surface area contributed by atoms with Gasteiger partial charge < -0.3 is 16.0 Å². The molecule has 0 aliphatic carbocycles. The highest BCUT2D eigenvalue weighted by Crippen LogP contribution is 2.29. The van der Waals surface area contributed by atoms with E-state index in [1.807, 2.05) is 0 Å². The van der Waals surface area contributed by atoms with E-state index in [1.54, 1.807) is 36.7 Å². The van der Waals surface area contributed by atoms with Gasteiger partial charge in [0.1, 0.15) is 5.82 Å². The van der Waals surface area contributed by atoms with E-state index in [0.29, 0.717) is 18.2 Å². The van der Waals surface area contributed by atoms with Gasteiger partial charge in [-0.3, -0.25) is 9.78 Å². The molecule has 1 amide bonds. The Hall–Kier alpha value is -3.69. The van der Waals surface area contributed by atoms with Crippen molar-refractivity contribution in [2.45, 2.75) is 6.18 Å². The zero-order valence-electron chi connectivity index (χ0n) is 15.1. The lowest BCUT2D eigenvalue weighted by molar-refractivity contribution is -0.137. The first-order valence-electron chi connectivity index (χ1n) is 8.62. The summed E-state index contributed by atoms with van der Waals surface area (Å²) in [7, 11) is 0. The highest BCUT2D eigenvalue weighted by Gasteiger charge is 2.30. The molecule has 0 radical (unpaired) electrons. The zero-order valence-corrected chi connectivity index (χ0v) is 15.1. The number of nitrogens with zero attached hydrogens (tertiary/aromatic N) is 3. The number of carbonyl (C=O) groups excluding carboxylic acids is 1. The summed E-state index contributed by atoms with van der Waals surface area (Å²) >= 11 is 0. The third-order valence-electron chi connectivity index (χ3n) is 3.81. The fourth-order valence-electron chi connectivity index (χ4n) is 2.36. The normalized spacial score (nSPS) is 11.0. The Morgan fingerprint density at radius 3 is 2.14 bits per heavy atom. The molecule has 3 aromatic rings. The molecule has 3 N–H and O–H groups in total. The number of pyridine rings is 1. The van der Waals surface area contributed by atoms with Gasteiger partial charge >= 0.3 is 6.18 Å². The molecule has 150 valence electrons. The molecule has 0 saturated heterocycles. The minimum Gasteiger partial charge on any atom is -0.367 e. The number of hydrogen-bond acceptors (Lipinski definition) is 6. The minimum absolute atomic E-state index is 0.157. The van der Waals surface area contributed by atoms with E-state index >= 15 is 0 Å². The van der Waals surface area contributed by atoms with Crippen LogP contribution < -0.4 is 16.0 Å². The highest BCUT2D eigenvalue weighted by molar-refractivity contribution is 5.94. The largest absolute Gasteiger partial charge is 0.416 e. The van der Waals surface area contributed by atoms with Crippen LogP contribution in [0.4, 0.5) is 30.5 Å². The average Bonchev–Trinajstić information content (AvgIpc) is 2.72. The Labute approximate surface area is 164 Å². The van der Waals surface area contributed by atoms with Gasteiger partial charge in [0.15, 0.2) is 5.82 Å². The van der Waals surface area contributed by atoms with Gasteiger partial charge in [-0.15, -0.1) is 10.2 Å². The van der Waals surface area contributed by atoms with Crippen molar-refractivity contribution in [3.8, 4) is 0 Å². The Morgan fingerprint density at radius 1 is 0.862 bits per heavy atom. The molecule has 2 aromatic heterocycles. The maximum Gasteiger partial charge on any atom is 0.416 e. The molecule has 10 heteroatoms. The van der Waals surface area contributed by atoms with E-state index < -0.39 is 17.6 Å². The summed E-state index contributed by atoms with van der Waals surface area (Å²) in [4.78, 5) is 15.9. The molecule has 0 aliphatic heterocycles. The van der Waals surface area contributed by atoms with E-state index in [9.17, 15) is 18.0 Å². The smallest absolute Gasteiger partial charge is 0.367 e. The van der Waals surface area contributed by atoms with Crippen molar-refractivity contribution in [2.24, 2.45) is 0 Å². The number of hydrogen-bond donors (Lipinski definition) is 3. The molecule has 0 atom stereocenters. The van der Waals surface area contributed by atoms with Crippen LogP contribution in [0.15, 0.2) is 60.9 Å². The second-order valence-electron chi connectivity index (χ2n) is 5.92. The second-order valence-corrected chi connectivity index (χ2v) is 5.92. The predicted octanol–water partition coefficient (Wildman–Crippen LogP) is 3.48. The number of carbonyl (C=O) groups is 1. The van der Waals surface area contributed by atoms with Crippen LogP contribution in [0.5, 0.6) is 0 Å². The van der Waals surface area contributed by atoms with E-state index in [1.165, 1.54) is 0 Å². The van der Waals surface area contributed by atoms with E-state index in [-0.39, 0.29) is 12.1 Å². The van der Waals surface area contributed by atoms with E-state index in [2.05, 4.69) is 31.1 Å². The number of nitrogens with one attached hydrogen (secondary N) is 3. The molecule has 0 unspecified atom stereocenters. The van der Waals surface area contributed by atoms with Gasteiger partial charge in [-0.05, 0) is 48.5 Å². The number of benzene rings is 1. The Morgan fingerprint density at radius 2 is 1.52 bits per heavy atom. The summed E-state index contributed by atoms with van der Waals surface area (Å²) in [5.41, 5.74) is 0.196. The number of amides is 1. The van der Waals surface area contributed by atoms with Crippen LogP contribution in [0.2, 0.25) is 0 Å². The number of aromatic nitrogens is 3. The van der Waals surface area contributed by atoms with Crippen molar-refractivity contribution >= 4 is 23.2 Å². The van der Waals surface area contributed by atoms with Crippen LogP contribution >= 0.6 is 0 Å². The standard InChI is InChI=1S/C19H17F3N6O/c20-19(21,22)14-3-1-13(2-4-14)18(29)25-12-11-24-16-5-6-17(28-27-16)26-15-7-9-23-10-8-15/h1-10H,11-12H2,(H,24,27)(H,25,29)(H,23,26,28). The van der Waals surface area contributed by atoms with Crippen molar-refractivity contribution in [2.75, 3.05) is 23.7 Å². The Bertz CT molecular complexity index is 931. The van der Waals surface area contributed by atoms with Crippen molar-refractivity contribution in [1.29, 1.82) is 0 Å². The predicted molar refractivity (Wildman–Crippen MR) is 102 cm³/mol. The van der Waals surface area contributed by atoms with Gasteiger partial charge in [-0.25, -0.2) is 0 Å². The maximum atomic E-state index is 12.5. The summed E-state index contributed by atoms with van der Waals surface area (Å²) in [6, 6.07) is 11.1. The molecular weight excluding hydrogens is 385 g/mol. The van der Waals surface area contributed by atoms with Gasteiger partial charge in [0.25, 0.3) is 5.91 Å². The van der Waals surface area contributed by atoms with Crippen LogP contribution in [0, 0.1) is 0 Å². The first kappa shape index (κ1) is 20.1. The lowest BCUT2D eigenvalue weighted by atomic mass is 10.1. The zero-order chi connectivity index (χ0) is 20.7. The van der Waals surface area contributed by atoms with Crippen molar-refractivity contribution < 1.29 is 18.0 Å². The molecule has 0 fully saturated rings. The van der Waals surface area contributed by atoms with Gasteiger partial charge in [0, 0.05) is 36.7 Å². The molecule has 0 saturated carbocycles. The van der Waals surface area contributed by atoms with Gasteiger partial charge in [-0.1, -0.05) is 0 Å². The fraction of sp³-hybridized carbons (Fsp3) is 0.158. The van der Waals surface area contributed by atoms with E-state index in [0.717, 1.165) is 30.0 Å². The van der Waals surface area contributed by atoms with Crippen LogP contribution in [0.25, 0.3) is 0 Å². The highest BCUT2D eigenvalue weighted by atomic mass is 19.4. The first-order valence-corrected chi connectivity index (χ1v) is 8.62. The first-order chi connectivity index (χ1) is 13.9. The summed E-state index contributed by atoms with van der Waals surface area (Å²) in [6.07, 6.45) is -1.11. The molecule has 1 aromatic carbocycles. The molecule has 0 aliphatic rings. The van der Waals surface area contributed by atoms with Crippen molar-refractivity contribution in [3.63, 3.8) is 0 Å². The lowest BCUT2D eigenvalue weighted by Gasteiger charge is -2.09. The van der Waals surface area contributed by atoms with Crippen molar-refractivity contribution in [3.05, 3.63) is 72.1 Å². The van der Waals surface area contributed by atoms with E-state index in [4.69, 9.17) is 0 Å². The second kappa shape index (κ2) is 9.00. The van der Waals surface area contributed by atoms with Crippen LogP contribution in [-0.2, 0) is 6.18 Å². The molecule has 29 heavy (non-hydrogen) atoms. The molecule has 7 nitrogen and oxygen atoms in total. The van der Waals surface area contributed by atoms with Crippen molar-refractivity contribution in [1.82, 2.24) is 20.5 Å². The minimum atomic E-state index is -4.43. The molecule has 0 spiro atoms. The number of alkyl halides is 3. The lowest BCUT2D eigenvalue weighted by Crippen LogP contribution is -2.29. The molecule has 0 bridgehead atoms. The number of anilines is 3. The SMILES string of the molecule is O=C(NCCNc1ccc(Nc2ccncc2)nn1)c1ccc(C(F)(F)F)cc1. The average molecular weight is 402 g/mol. The van der Waals surface area contributed by atoms with Gasteiger partial charge in [0.2, 0.25) is 0 Å². The van der Waals surface area contributed by atoms with Gasteiger partial charge in [0.05, 0.1) is 5.56 Å². The maximum absolute atomic E-state index is 12.5. The summed E-state index contributed by atoms with van der Waals surface area (Å²) in [5.74, 6) is 0.634. The Kier molecular flexibility index (Phi) is 6.22. The van der Waals surface area contributed by atoms with Crippen LogP contribution in [0.3, 0.4) is 0 Å².